The molecule has 6 heteroatoms. The van der Waals surface area contributed by atoms with Crippen molar-refractivity contribution >= 4 is 15.7 Å². The predicted octanol–water partition coefficient (Wildman–Crippen LogP) is 1.53. The van der Waals surface area contributed by atoms with E-state index in [1.54, 1.807) is 6.92 Å². The van der Waals surface area contributed by atoms with E-state index in [0.29, 0.717) is 0 Å². The van der Waals surface area contributed by atoms with Crippen LogP contribution in [-0.4, -0.2) is 67.3 Å². The van der Waals surface area contributed by atoms with Gasteiger partial charge >= 0.3 is 0 Å². The topological polar surface area (TPSA) is 57.7 Å². The Labute approximate surface area is 129 Å². The highest BCUT2D eigenvalue weighted by atomic mass is 32.2. The lowest BCUT2D eigenvalue weighted by atomic mass is 9.97. The molecular weight excluding hydrogens is 288 g/mol. The number of likely N-dealkylation sites (N-methyl/N-ethyl adjacent to an activating group) is 1. The standard InChI is InChI=1S/C15H30N2O3S/c1-11-8-7-9-12(2)17(11)15(18)10-16(5)13(3)14(4)21(6,19)20/h11-14H,7-10H2,1-6H3/t11-,12-,13-,14+/m1/s1. The minimum Gasteiger partial charge on any atom is -0.336 e. The predicted molar refractivity (Wildman–Crippen MR) is 86.0 cm³/mol. The fraction of sp³-hybridized carbons (Fsp3) is 0.933. The molecule has 0 unspecified atom stereocenters. The molecule has 0 N–H and O–H groups in total. The Morgan fingerprint density at radius 3 is 2.14 bits per heavy atom. The van der Waals surface area contributed by atoms with Crippen LogP contribution in [0.25, 0.3) is 0 Å². The first-order valence-electron chi connectivity index (χ1n) is 7.76. The lowest BCUT2D eigenvalue weighted by molar-refractivity contribution is -0.138. The van der Waals surface area contributed by atoms with Gasteiger partial charge in [-0.1, -0.05) is 0 Å². The average molecular weight is 318 g/mol. The maximum atomic E-state index is 12.5. The molecule has 0 spiro atoms. The van der Waals surface area contributed by atoms with Crippen molar-refractivity contribution in [2.24, 2.45) is 0 Å². The van der Waals surface area contributed by atoms with E-state index in [2.05, 4.69) is 13.8 Å². The fourth-order valence-corrected chi connectivity index (χ4v) is 3.99. The summed E-state index contributed by atoms with van der Waals surface area (Å²) in [6.45, 7) is 8.02. The van der Waals surface area contributed by atoms with Gasteiger partial charge in [0.1, 0.15) is 0 Å². The molecule has 1 aliphatic heterocycles. The van der Waals surface area contributed by atoms with Crippen LogP contribution in [-0.2, 0) is 14.6 Å². The van der Waals surface area contributed by atoms with Gasteiger partial charge in [-0.25, -0.2) is 8.42 Å². The van der Waals surface area contributed by atoms with Gasteiger partial charge in [0.2, 0.25) is 5.91 Å². The highest BCUT2D eigenvalue weighted by Gasteiger charge is 2.31. The summed E-state index contributed by atoms with van der Waals surface area (Å²) >= 11 is 0. The van der Waals surface area contributed by atoms with Crippen molar-refractivity contribution in [3.05, 3.63) is 0 Å². The quantitative estimate of drug-likeness (QED) is 0.771. The lowest BCUT2D eigenvalue weighted by Crippen LogP contribution is -2.52. The van der Waals surface area contributed by atoms with Gasteiger partial charge in [-0.05, 0) is 54.0 Å². The molecule has 4 atom stereocenters. The van der Waals surface area contributed by atoms with Crippen LogP contribution in [0.5, 0.6) is 0 Å². The van der Waals surface area contributed by atoms with Crippen LogP contribution in [0, 0.1) is 0 Å². The minimum atomic E-state index is -3.10. The Hall–Kier alpha value is -0.620. The van der Waals surface area contributed by atoms with Gasteiger partial charge in [0, 0.05) is 24.4 Å². The number of rotatable bonds is 5. The van der Waals surface area contributed by atoms with Gasteiger partial charge in [-0.15, -0.1) is 0 Å². The number of nitrogens with zero attached hydrogens (tertiary/aromatic N) is 2. The molecule has 0 radical (unpaired) electrons. The van der Waals surface area contributed by atoms with Crippen molar-refractivity contribution in [1.29, 1.82) is 0 Å². The largest absolute Gasteiger partial charge is 0.336 e. The second kappa shape index (κ2) is 7.09. The summed E-state index contributed by atoms with van der Waals surface area (Å²) in [5, 5.41) is -0.480. The fourth-order valence-electron chi connectivity index (χ4n) is 3.07. The smallest absolute Gasteiger partial charge is 0.237 e. The molecule has 5 nitrogen and oxygen atoms in total. The molecule has 0 saturated carbocycles. The number of carbonyl (C=O) groups excluding carboxylic acids is 1. The third-order valence-corrected chi connectivity index (χ3v) is 6.66. The third kappa shape index (κ3) is 4.68. The summed E-state index contributed by atoms with van der Waals surface area (Å²) in [4.78, 5) is 16.4. The van der Waals surface area contributed by atoms with Gasteiger partial charge in [0.25, 0.3) is 0 Å². The average Bonchev–Trinajstić information content (AvgIpc) is 2.35. The number of hydrogen-bond acceptors (Lipinski definition) is 4. The Kier molecular flexibility index (Phi) is 6.23. The molecule has 0 bridgehead atoms. The summed E-state index contributed by atoms with van der Waals surface area (Å²) in [5.41, 5.74) is 0. The molecule has 1 saturated heterocycles. The molecule has 0 aromatic rings. The number of sulfone groups is 1. The van der Waals surface area contributed by atoms with Crippen LogP contribution in [0.3, 0.4) is 0 Å². The van der Waals surface area contributed by atoms with Crippen LogP contribution in [0.2, 0.25) is 0 Å². The molecule has 1 heterocycles. The molecule has 1 aliphatic rings. The molecule has 1 fully saturated rings. The number of likely N-dealkylation sites (tertiary alicyclic amines) is 1. The molecule has 1 rings (SSSR count). The van der Waals surface area contributed by atoms with Crippen molar-refractivity contribution in [2.45, 2.75) is 70.3 Å². The van der Waals surface area contributed by atoms with Gasteiger partial charge in [-0.3, -0.25) is 9.69 Å². The van der Waals surface area contributed by atoms with Crippen molar-refractivity contribution in [2.75, 3.05) is 19.8 Å². The maximum Gasteiger partial charge on any atom is 0.237 e. The number of piperidine rings is 1. The van der Waals surface area contributed by atoms with Crippen LogP contribution in [0.15, 0.2) is 0 Å². The summed E-state index contributed by atoms with van der Waals surface area (Å²) in [6.07, 6.45) is 4.52. The van der Waals surface area contributed by atoms with E-state index in [1.807, 2.05) is 23.8 Å². The highest BCUT2D eigenvalue weighted by Crippen LogP contribution is 2.23. The Balaban J connectivity index is 2.69. The van der Waals surface area contributed by atoms with Crippen molar-refractivity contribution in [3.63, 3.8) is 0 Å². The number of carbonyl (C=O) groups is 1. The van der Waals surface area contributed by atoms with Gasteiger partial charge < -0.3 is 4.90 Å². The monoisotopic (exact) mass is 318 g/mol. The molecule has 0 aromatic heterocycles. The summed E-state index contributed by atoms with van der Waals surface area (Å²) < 4.78 is 23.3. The SMILES string of the molecule is C[C@H]([C@H](C)S(C)(=O)=O)N(C)CC(=O)N1[C@H](C)CCC[C@H]1C. The third-order valence-electron chi connectivity index (χ3n) is 4.92. The van der Waals surface area contributed by atoms with Gasteiger partial charge in [0.05, 0.1) is 11.8 Å². The Bertz CT molecular complexity index is 454. The normalized spacial score (nSPS) is 26.7. The second-order valence-corrected chi connectivity index (χ2v) is 9.02. The van der Waals surface area contributed by atoms with E-state index in [0.717, 1.165) is 12.8 Å². The van der Waals surface area contributed by atoms with E-state index in [-0.39, 0.29) is 30.6 Å². The van der Waals surface area contributed by atoms with Crippen LogP contribution in [0.1, 0.15) is 47.0 Å². The summed E-state index contributed by atoms with van der Waals surface area (Å²) in [5.74, 6) is 0.102. The Morgan fingerprint density at radius 1 is 1.24 bits per heavy atom. The highest BCUT2D eigenvalue weighted by molar-refractivity contribution is 7.91. The molecule has 1 amide bonds. The molecule has 124 valence electrons. The number of hydrogen-bond donors (Lipinski definition) is 0. The first kappa shape index (κ1) is 18.4. The minimum absolute atomic E-state index is 0.102. The van der Waals surface area contributed by atoms with Crippen LogP contribution < -0.4 is 0 Å². The van der Waals surface area contributed by atoms with E-state index < -0.39 is 15.1 Å². The summed E-state index contributed by atoms with van der Waals surface area (Å²) in [6, 6.07) is 0.369. The molecule has 0 aliphatic carbocycles. The zero-order valence-electron chi connectivity index (χ0n) is 14.2. The lowest BCUT2D eigenvalue weighted by Gasteiger charge is -2.40. The van der Waals surface area contributed by atoms with E-state index in [4.69, 9.17) is 0 Å². The first-order chi connectivity index (χ1) is 9.55. The van der Waals surface area contributed by atoms with Crippen LogP contribution in [0.4, 0.5) is 0 Å². The zero-order valence-corrected chi connectivity index (χ0v) is 15.0. The first-order valence-corrected chi connectivity index (χ1v) is 9.71. The van der Waals surface area contributed by atoms with Crippen molar-refractivity contribution in [3.8, 4) is 0 Å². The second-order valence-electron chi connectivity index (χ2n) is 6.62. The molecular formula is C15H30N2O3S. The van der Waals surface area contributed by atoms with E-state index >= 15 is 0 Å². The van der Waals surface area contributed by atoms with Gasteiger partial charge in [-0.2, -0.15) is 0 Å². The summed E-state index contributed by atoms with van der Waals surface area (Å²) in [7, 11) is -1.27. The van der Waals surface area contributed by atoms with E-state index in [9.17, 15) is 13.2 Å². The number of amides is 1. The van der Waals surface area contributed by atoms with E-state index in [1.165, 1.54) is 12.7 Å². The Morgan fingerprint density at radius 2 is 1.71 bits per heavy atom. The molecule has 21 heavy (non-hydrogen) atoms. The maximum absolute atomic E-state index is 12.5. The zero-order chi connectivity index (χ0) is 16.4. The molecule has 0 aromatic carbocycles. The van der Waals surface area contributed by atoms with Crippen molar-refractivity contribution in [1.82, 2.24) is 9.80 Å². The van der Waals surface area contributed by atoms with Crippen LogP contribution >= 0.6 is 0 Å². The van der Waals surface area contributed by atoms with Crippen molar-refractivity contribution < 1.29 is 13.2 Å². The van der Waals surface area contributed by atoms with Gasteiger partial charge in [0.15, 0.2) is 9.84 Å².